The number of Topliss-reactive ketones (excluding diaryl/α,β-unsaturated/α-hetero) is 2. The van der Waals surface area contributed by atoms with Crippen molar-refractivity contribution in [3.05, 3.63) is 28.8 Å². The molecule has 0 spiro atoms. The van der Waals surface area contributed by atoms with Gasteiger partial charge in [0, 0.05) is 31.3 Å². The van der Waals surface area contributed by atoms with Gasteiger partial charge in [0.15, 0.2) is 11.4 Å². The zero-order valence-corrected chi connectivity index (χ0v) is 20.5. The van der Waals surface area contributed by atoms with Gasteiger partial charge in [-0.2, -0.15) is 0 Å². The third-order valence-corrected chi connectivity index (χ3v) is 7.61. The lowest BCUT2D eigenvalue weighted by molar-refractivity contribution is -0.175. The van der Waals surface area contributed by atoms with Gasteiger partial charge in [-0.15, -0.1) is 11.6 Å². The molecule has 3 aliphatic carbocycles. The third-order valence-electron chi connectivity index (χ3n) is 7.37. The van der Waals surface area contributed by atoms with E-state index in [0.29, 0.717) is 5.56 Å². The van der Waals surface area contributed by atoms with Gasteiger partial charge < -0.3 is 36.0 Å². The van der Waals surface area contributed by atoms with Crippen molar-refractivity contribution in [3.63, 3.8) is 0 Å². The highest BCUT2D eigenvalue weighted by Gasteiger charge is 2.64. The van der Waals surface area contributed by atoms with Crippen LogP contribution in [0.4, 0.5) is 5.69 Å². The van der Waals surface area contributed by atoms with Crippen molar-refractivity contribution in [1.29, 1.82) is 0 Å². The number of phenols is 1. The highest BCUT2D eigenvalue weighted by atomic mass is 35.5. The number of hydrogen-bond acceptors (Lipinski definition) is 9. The Bertz CT molecular complexity index is 1180. The number of halogens is 1. The molecule has 0 aliphatic heterocycles. The molecule has 5 atom stereocenters. The Morgan fingerprint density at radius 1 is 1.17 bits per heavy atom. The Balaban J connectivity index is 1.70. The van der Waals surface area contributed by atoms with Crippen molar-refractivity contribution in [2.24, 2.45) is 17.8 Å². The summed E-state index contributed by atoms with van der Waals surface area (Å²) in [5.41, 5.74) is -1.38. The zero-order valence-electron chi connectivity index (χ0n) is 19.7. The van der Waals surface area contributed by atoms with Crippen LogP contribution in [-0.2, 0) is 25.6 Å². The number of fused-ring (bicyclic) bond motifs is 3. The molecule has 36 heavy (non-hydrogen) atoms. The van der Waals surface area contributed by atoms with Gasteiger partial charge in [-0.25, -0.2) is 0 Å². The summed E-state index contributed by atoms with van der Waals surface area (Å²) in [6, 6.07) is 3.09. The Morgan fingerprint density at radius 2 is 1.86 bits per heavy atom. The predicted octanol–water partition coefficient (Wildman–Crippen LogP) is -0.402. The lowest BCUT2D eigenvalue weighted by Crippen LogP contribution is -2.67. The summed E-state index contributed by atoms with van der Waals surface area (Å²) in [7, 11) is 3.60. The molecule has 4 rings (SSSR count). The number of aromatic hydroxyl groups is 1. The number of carbonyl (C=O) groups excluding carboxylic acids is 4. The van der Waals surface area contributed by atoms with Gasteiger partial charge in [-0.3, -0.25) is 19.2 Å². The average molecular weight is 522 g/mol. The summed E-state index contributed by atoms with van der Waals surface area (Å²) in [6.07, 6.45) is -1.29. The Labute approximate surface area is 211 Å². The minimum absolute atomic E-state index is 0.0652. The fourth-order valence-corrected chi connectivity index (χ4v) is 5.78. The highest BCUT2D eigenvalue weighted by molar-refractivity contribution is 6.27. The van der Waals surface area contributed by atoms with E-state index in [4.69, 9.17) is 11.6 Å². The predicted molar refractivity (Wildman–Crippen MR) is 128 cm³/mol. The second kappa shape index (κ2) is 9.38. The van der Waals surface area contributed by atoms with Gasteiger partial charge in [-0.05, 0) is 42.9 Å². The smallest absolute Gasteiger partial charge is 0.236 e. The van der Waals surface area contributed by atoms with Crippen molar-refractivity contribution in [2.45, 2.75) is 31.0 Å². The Morgan fingerprint density at radius 3 is 2.50 bits per heavy atom. The number of phenolic OH excluding ortho intramolecular Hbond substituents is 1. The standard InChI is InChI=1S/C24H28ClN3O8/c1-28(2)13-3-4-14(29)18-12(13)6-10-5-11-7-15(30)19(23(35)27-9-26-16(31)8-25)22(34)24(11,36)21(33)17(10)20(18)32/h3-4,10-11,15,19,29-30,32,36H,5-9H2,1-2H3,(H,26,31)(H,27,35)/t10-,11+,15?,19?,24+/m1/s1. The maximum atomic E-state index is 13.6. The van der Waals surface area contributed by atoms with Crippen LogP contribution >= 0.6 is 11.6 Å². The third kappa shape index (κ3) is 3.91. The van der Waals surface area contributed by atoms with Crippen molar-refractivity contribution >= 4 is 46.4 Å². The van der Waals surface area contributed by atoms with Crippen molar-refractivity contribution < 1.29 is 39.6 Å². The largest absolute Gasteiger partial charge is 0.507 e. The van der Waals surface area contributed by atoms with Gasteiger partial charge in [0.2, 0.25) is 17.6 Å². The highest BCUT2D eigenvalue weighted by Crippen LogP contribution is 2.52. The van der Waals surface area contributed by atoms with Gasteiger partial charge in [0.25, 0.3) is 0 Å². The molecule has 0 aromatic heterocycles. The Kier molecular flexibility index (Phi) is 6.76. The van der Waals surface area contributed by atoms with Crippen LogP contribution < -0.4 is 15.5 Å². The summed E-state index contributed by atoms with van der Waals surface area (Å²) >= 11 is 5.37. The molecule has 2 amide bonds. The number of benzene rings is 1. The van der Waals surface area contributed by atoms with E-state index in [1.165, 1.54) is 6.07 Å². The number of anilines is 1. The molecule has 0 radical (unpaired) electrons. The number of aliphatic hydroxyl groups is 3. The average Bonchev–Trinajstić information content (AvgIpc) is 2.81. The number of carbonyl (C=O) groups is 4. The molecule has 1 aromatic carbocycles. The second-order valence-corrected chi connectivity index (χ2v) is 9.91. The van der Waals surface area contributed by atoms with Crippen LogP contribution in [0.5, 0.6) is 5.75 Å². The summed E-state index contributed by atoms with van der Waals surface area (Å²) < 4.78 is 0. The molecular weight excluding hydrogens is 494 g/mol. The van der Waals surface area contributed by atoms with Gasteiger partial charge in [0.1, 0.15) is 23.3 Å². The van der Waals surface area contributed by atoms with E-state index in [-0.39, 0.29) is 48.7 Å². The molecule has 3 aliphatic rings. The molecule has 2 unspecified atom stereocenters. The minimum Gasteiger partial charge on any atom is -0.507 e. The maximum Gasteiger partial charge on any atom is 0.236 e. The first-order valence-corrected chi connectivity index (χ1v) is 12.0. The number of aliphatic hydroxyl groups excluding tert-OH is 2. The number of nitrogens with zero attached hydrogens (tertiary/aromatic N) is 1. The van der Waals surface area contributed by atoms with Crippen LogP contribution in [0, 0.1) is 17.8 Å². The minimum atomic E-state index is -2.63. The number of alkyl halides is 1. The van der Waals surface area contributed by atoms with Crippen LogP contribution in [0.15, 0.2) is 17.7 Å². The van der Waals surface area contributed by atoms with Crippen LogP contribution in [-0.4, -0.2) is 82.2 Å². The molecule has 0 bridgehead atoms. The van der Waals surface area contributed by atoms with Crippen molar-refractivity contribution in [1.82, 2.24) is 10.6 Å². The van der Waals surface area contributed by atoms with Gasteiger partial charge >= 0.3 is 0 Å². The maximum absolute atomic E-state index is 13.6. The van der Waals surface area contributed by atoms with E-state index in [2.05, 4.69) is 10.6 Å². The molecular formula is C24H28ClN3O8. The fraction of sp³-hybridized carbons (Fsp3) is 0.500. The number of rotatable bonds is 5. The summed E-state index contributed by atoms with van der Waals surface area (Å²) in [6.45, 7) is -0.366. The number of hydrogen-bond donors (Lipinski definition) is 6. The van der Waals surface area contributed by atoms with Crippen LogP contribution in [0.3, 0.4) is 0 Å². The first-order chi connectivity index (χ1) is 16.9. The van der Waals surface area contributed by atoms with E-state index < -0.39 is 58.6 Å². The van der Waals surface area contributed by atoms with Gasteiger partial charge in [0.05, 0.1) is 18.3 Å². The van der Waals surface area contributed by atoms with E-state index >= 15 is 0 Å². The van der Waals surface area contributed by atoms with E-state index in [1.54, 1.807) is 20.2 Å². The normalized spacial score (nSPS) is 29.1. The summed E-state index contributed by atoms with van der Waals surface area (Å²) in [5, 5.41) is 48.2. The van der Waals surface area contributed by atoms with E-state index in [9.17, 15) is 39.6 Å². The van der Waals surface area contributed by atoms with Crippen LogP contribution in [0.1, 0.15) is 24.0 Å². The number of ketones is 2. The summed E-state index contributed by atoms with van der Waals surface area (Å²) in [4.78, 5) is 52.8. The molecule has 12 heteroatoms. The molecule has 1 aromatic rings. The molecule has 11 nitrogen and oxygen atoms in total. The number of nitrogens with one attached hydrogen (secondary N) is 2. The van der Waals surface area contributed by atoms with Crippen LogP contribution in [0.25, 0.3) is 5.76 Å². The lowest BCUT2D eigenvalue weighted by Gasteiger charge is -2.48. The van der Waals surface area contributed by atoms with E-state index in [1.807, 2.05) is 4.90 Å². The molecule has 2 fully saturated rings. The Hall–Kier alpha value is -3.15. The fourth-order valence-electron chi connectivity index (χ4n) is 5.69. The lowest BCUT2D eigenvalue weighted by atomic mass is 9.56. The molecule has 0 heterocycles. The molecule has 6 N–H and O–H groups in total. The van der Waals surface area contributed by atoms with Crippen LogP contribution in [0.2, 0.25) is 0 Å². The quantitative estimate of drug-likeness (QED) is 0.171. The summed E-state index contributed by atoms with van der Waals surface area (Å²) in [5.74, 6) is -8.14. The van der Waals surface area contributed by atoms with Crippen molar-refractivity contribution in [3.8, 4) is 5.75 Å². The van der Waals surface area contributed by atoms with Gasteiger partial charge in [-0.1, -0.05) is 0 Å². The SMILES string of the molecule is CN(C)c1ccc(O)c2c1C[C@H]1C[C@H]3CC(O)C(C(=O)NCNC(=O)CCl)C(=O)[C@@]3(O)C(=O)C1=C2O. The number of amides is 2. The van der Waals surface area contributed by atoms with Crippen molar-refractivity contribution in [2.75, 3.05) is 31.5 Å². The first kappa shape index (κ1) is 25.9. The monoisotopic (exact) mass is 521 g/mol. The molecule has 2 saturated carbocycles. The van der Waals surface area contributed by atoms with E-state index in [0.717, 1.165) is 5.69 Å². The topological polar surface area (TPSA) is 176 Å². The molecule has 0 saturated heterocycles. The molecule has 194 valence electrons. The first-order valence-electron chi connectivity index (χ1n) is 11.5. The second-order valence-electron chi connectivity index (χ2n) is 9.64. The zero-order chi connectivity index (χ0) is 26.5.